The van der Waals surface area contributed by atoms with Crippen LogP contribution >= 0.6 is 0 Å². The molecule has 2 heterocycles. The molecule has 3 atom stereocenters. The maximum atomic E-state index is 12.4. The fraction of sp³-hybridized carbons (Fsp3) is 0.933. The van der Waals surface area contributed by atoms with E-state index in [1.165, 1.54) is 6.42 Å². The number of nitrogens with one attached hydrogen (secondary N) is 1. The van der Waals surface area contributed by atoms with Gasteiger partial charge in [-0.3, -0.25) is 10.1 Å². The fourth-order valence-corrected chi connectivity index (χ4v) is 3.07. The lowest BCUT2D eigenvalue weighted by atomic mass is 10.1. The van der Waals surface area contributed by atoms with Gasteiger partial charge < -0.3 is 9.64 Å². The van der Waals surface area contributed by atoms with Crippen molar-refractivity contribution in [2.75, 3.05) is 13.2 Å². The lowest BCUT2D eigenvalue weighted by Gasteiger charge is -2.31. The lowest BCUT2D eigenvalue weighted by Crippen LogP contribution is -2.44. The normalized spacial score (nSPS) is 32.3. The van der Waals surface area contributed by atoms with Gasteiger partial charge in [-0.15, -0.1) is 0 Å². The second kappa shape index (κ2) is 6.71. The van der Waals surface area contributed by atoms with Gasteiger partial charge in [0.05, 0.1) is 18.3 Å². The van der Waals surface area contributed by atoms with Gasteiger partial charge in [0, 0.05) is 13.2 Å². The third-order valence-corrected chi connectivity index (χ3v) is 4.13. The molecule has 0 aromatic rings. The molecule has 4 heteroatoms. The average Bonchev–Trinajstić information content (AvgIpc) is 2.67. The van der Waals surface area contributed by atoms with Crippen LogP contribution < -0.4 is 5.32 Å². The van der Waals surface area contributed by atoms with E-state index in [1.807, 2.05) is 4.90 Å². The minimum atomic E-state index is 0.00680. The summed E-state index contributed by atoms with van der Waals surface area (Å²) in [5, 5.41) is 3.48. The fourth-order valence-electron chi connectivity index (χ4n) is 3.07. The smallest absolute Gasteiger partial charge is 0.241 e. The molecule has 2 saturated heterocycles. The summed E-state index contributed by atoms with van der Waals surface area (Å²) in [6.45, 7) is 8.11. The minimum Gasteiger partial charge on any atom is -0.376 e. The van der Waals surface area contributed by atoms with Crippen LogP contribution in [0.5, 0.6) is 0 Å². The number of rotatable bonds is 5. The second-order valence-corrected chi connectivity index (χ2v) is 6.25. The molecule has 2 fully saturated rings. The van der Waals surface area contributed by atoms with Crippen molar-refractivity contribution in [1.82, 2.24) is 10.2 Å². The number of amides is 1. The van der Waals surface area contributed by atoms with Crippen LogP contribution in [0.25, 0.3) is 0 Å². The van der Waals surface area contributed by atoms with E-state index in [0.717, 1.165) is 38.8 Å². The molecule has 0 spiro atoms. The standard InChI is InChI=1S/C15H28N2O2/c1-4-13-15(18)17(14(16-13)9-11(2)3)10-12-7-5-6-8-19-12/h11-14,16H,4-10H2,1-3H3. The van der Waals surface area contributed by atoms with Crippen molar-refractivity contribution in [1.29, 1.82) is 0 Å². The molecule has 0 radical (unpaired) electrons. The van der Waals surface area contributed by atoms with Crippen LogP contribution in [0.1, 0.15) is 52.9 Å². The van der Waals surface area contributed by atoms with Gasteiger partial charge in [0.2, 0.25) is 5.91 Å². The summed E-state index contributed by atoms with van der Waals surface area (Å²) in [6, 6.07) is 0.00680. The Kier molecular flexibility index (Phi) is 5.22. The zero-order valence-electron chi connectivity index (χ0n) is 12.5. The highest BCUT2D eigenvalue weighted by atomic mass is 16.5. The van der Waals surface area contributed by atoms with Crippen molar-refractivity contribution in [2.24, 2.45) is 5.92 Å². The molecule has 0 aromatic heterocycles. The van der Waals surface area contributed by atoms with Crippen LogP contribution in [0.15, 0.2) is 0 Å². The first-order valence-corrected chi connectivity index (χ1v) is 7.80. The molecular formula is C15H28N2O2. The van der Waals surface area contributed by atoms with Gasteiger partial charge in [-0.25, -0.2) is 0 Å². The molecule has 0 aromatic carbocycles. The summed E-state index contributed by atoms with van der Waals surface area (Å²) in [7, 11) is 0. The van der Waals surface area contributed by atoms with E-state index in [0.29, 0.717) is 5.92 Å². The van der Waals surface area contributed by atoms with Crippen LogP contribution in [-0.4, -0.2) is 42.3 Å². The van der Waals surface area contributed by atoms with Crippen molar-refractivity contribution >= 4 is 5.91 Å². The molecule has 1 N–H and O–H groups in total. The van der Waals surface area contributed by atoms with Crippen LogP contribution in [0.2, 0.25) is 0 Å². The van der Waals surface area contributed by atoms with Gasteiger partial charge in [0.15, 0.2) is 0 Å². The van der Waals surface area contributed by atoms with Gasteiger partial charge >= 0.3 is 0 Å². The van der Waals surface area contributed by atoms with E-state index in [-0.39, 0.29) is 24.2 Å². The minimum absolute atomic E-state index is 0.00680. The highest BCUT2D eigenvalue weighted by Crippen LogP contribution is 2.22. The third kappa shape index (κ3) is 3.69. The van der Waals surface area contributed by atoms with Gasteiger partial charge in [-0.2, -0.15) is 0 Å². The van der Waals surface area contributed by atoms with Crippen molar-refractivity contribution < 1.29 is 9.53 Å². The highest BCUT2D eigenvalue weighted by molar-refractivity contribution is 5.84. The molecule has 19 heavy (non-hydrogen) atoms. The molecular weight excluding hydrogens is 240 g/mol. The Morgan fingerprint density at radius 2 is 2.21 bits per heavy atom. The van der Waals surface area contributed by atoms with Gasteiger partial charge in [-0.1, -0.05) is 20.8 Å². The first-order valence-electron chi connectivity index (χ1n) is 7.80. The first-order chi connectivity index (χ1) is 9.11. The summed E-state index contributed by atoms with van der Waals surface area (Å²) in [6.07, 6.45) is 5.81. The Morgan fingerprint density at radius 3 is 2.79 bits per heavy atom. The quantitative estimate of drug-likeness (QED) is 0.830. The summed E-state index contributed by atoms with van der Waals surface area (Å²) in [4.78, 5) is 14.4. The van der Waals surface area contributed by atoms with Crippen LogP contribution in [0, 0.1) is 5.92 Å². The molecule has 2 aliphatic heterocycles. The third-order valence-electron chi connectivity index (χ3n) is 4.13. The summed E-state index contributed by atoms with van der Waals surface area (Å²) < 4.78 is 5.79. The maximum absolute atomic E-state index is 12.4. The second-order valence-electron chi connectivity index (χ2n) is 6.25. The largest absolute Gasteiger partial charge is 0.376 e. The monoisotopic (exact) mass is 268 g/mol. The van der Waals surface area contributed by atoms with Gasteiger partial charge in [0.25, 0.3) is 0 Å². The molecule has 110 valence electrons. The van der Waals surface area contributed by atoms with E-state index in [2.05, 4.69) is 26.1 Å². The topological polar surface area (TPSA) is 41.6 Å². The number of carbonyl (C=O) groups is 1. The van der Waals surface area contributed by atoms with E-state index < -0.39 is 0 Å². The van der Waals surface area contributed by atoms with Gasteiger partial charge in [0.1, 0.15) is 0 Å². The lowest BCUT2D eigenvalue weighted by molar-refractivity contribution is -0.132. The molecule has 0 aliphatic carbocycles. The number of hydrogen-bond donors (Lipinski definition) is 1. The van der Waals surface area contributed by atoms with Crippen LogP contribution in [0.4, 0.5) is 0 Å². The molecule has 0 bridgehead atoms. The predicted octanol–water partition coefficient (Wildman–Crippen LogP) is 2.14. The average molecular weight is 268 g/mol. The Balaban J connectivity index is 1.98. The summed E-state index contributed by atoms with van der Waals surface area (Å²) in [5.41, 5.74) is 0. The molecule has 2 rings (SSSR count). The Bertz CT molecular complexity index is 301. The van der Waals surface area contributed by atoms with E-state index in [9.17, 15) is 4.79 Å². The zero-order chi connectivity index (χ0) is 13.8. The zero-order valence-corrected chi connectivity index (χ0v) is 12.5. The summed E-state index contributed by atoms with van der Waals surface area (Å²) >= 11 is 0. The van der Waals surface area contributed by atoms with Crippen molar-refractivity contribution in [3.8, 4) is 0 Å². The predicted molar refractivity (Wildman–Crippen MR) is 75.8 cm³/mol. The Hall–Kier alpha value is -0.610. The van der Waals surface area contributed by atoms with Crippen LogP contribution in [0.3, 0.4) is 0 Å². The summed E-state index contributed by atoms with van der Waals surface area (Å²) in [5.74, 6) is 0.859. The Labute approximate surface area is 116 Å². The molecule has 2 aliphatic rings. The highest BCUT2D eigenvalue weighted by Gasteiger charge is 2.39. The van der Waals surface area contributed by atoms with Gasteiger partial charge in [-0.05, 0) is 38.0 Å². The first kappa shape index (κ1) is 14.8. The van der Waals surface area contributed by atoms with Crippen molar-refractivity contribution in [3.63, 3.8) is 0 Å². The number of carbonyl (C=O) groups excluding carboxylic acids is 1. The molecule has 0 saturated carbocycles. The van der Waals surface area contributed by atoms with Crippen LogP contribution in [-0.2, 0) is 9.53 Å². The van der Waals surface area contributed by atoms with E-state index >= 15 is 0 Å². The number of nitrogens with zero attached hydrogens (tertiary/aromatic N) is 1. The maximum Gasteiger partial charge on any atom is 0.241 e. The number of ether oxygens (including phenoxy) is 1. The molecule has 3 unspecified atom stereocenters. The molecule has 1 amide bonds. The molecule has 4 nitrogen and oxygen atoms in total. The number of hydrogen-bond acceptors (Lipinski definition) is 3. The van der Waals surface area contributed by atoms with Crippen molar-refractivity contribution in [3.05, 3.63) is 0 Å². The van der Waals surface area contributed by atoms with E-state index in [1.54, 1.807) is 0 Å². The SMILES string of the molecule is CCC1NC(CC(C)C)N(CC2CCCCO2)C1=O. The Morgan fingerprint density at radius 1 is 1.42 bits per heavy atom. The van der Waals surface area contributed by atoms with Crippen molar-refractivity contribution in [2.45, 2.75) is 71.2 Å². The van der Waals surface area contributed by atoms with E-state index in [4.69, 9.17) is 4.74 Å².